The zero-order valence-corrected chi connectivity index (χ0v) is 25.2. The molecule has 0 atom stereocenters. The first-order chi connectivity index (χ1) is 19.8. The second-order valence-electron chi connectivity index (χ2n) is 10.4. The summed E-state index contributed by atoms with van der Waals surface area (Å²) in [4.78, 5) is 35.3. The molecule has 0 aliphatic carbocycles. The van der Waals surface area contributed by atoms with E-state index in [1.165, 1.54) is 11.1 Å². The van der Waals surface area contributed by atoms with E-state index in [4.69, 9.17) is 24.5 Å². The van der Waals surface area contributed by atoms with Gasteiger partial charge in [0.25, 0.3) is 0 Å². The second-order valence-corrected chi connectivity index (χ2v) is 10.4. The first-order valence-electron chi connectivity index (χ1n) is 13.5. The monoisotopic (exact) mass is 575 g/mol. The Morgan fingerprint density at radius 1 is 0.786 bits per heavy atom. The molecule has 3 aromatic rings. The zero-order valence-electron chi connectivity index (χ0n) is 25.2. The van der Waals surface area contributed by atoms with Gasteiger partial charge < -0.3 is 30.1 Å². The van der Waals surface area contributed by atoms with Gasteiger partial charge in [0, 0.05) is 36.4 Å². The fraction of sp³-hybridized carbons (Fsp3) is 0.303. The van der Waals surface area contributed by atoms with E-state index < -0.39 is 11.9 Å². The summed E-state index contributed by atoms with van der Waals surface area (Å²) in [6.07, 6.45) is 3.50. The Labute approximate surface area is 248 Å². The van der Waals surface area contributed by atoms with Gasteiger partial charge >= 0.3 is 11.9 Å². The van der Waals surface area contributed by atoms with E-state index in [-0.39, 0.29) is 5.78 Å². The number of hydrogen-bond acceptors (Lipinski definition) is 7. The highest BCUT2D eigenvalue weighted by atomic mass is 16.5. The molecule has 0 fully saturated rings. The normalized spacial score (nSPS) is 10.9. The first kappa shape index (κ1) is 33.7. The number of carboxylic acids is 2. The van der Waals surface area contributed by atoms with Crippen LogP contribution in [0.2, 0.25) is 0 Å². The van der Waals surface area contributed by atoms with Crippen molar-refractivity contribution in [3.8, 4) is 16.9 Å². The zero-order chi connectivity index (χ0) is 31.2. The predicted octanol–water partition coefficient (Wildman–Crippen LogP) is 4.94. The summed E-state index contributed by atoms with van der Waals surface area (Å²) in [7, 11) is 8.14. The number of hydrogen-bond donors (Lipinski definition) is 3. The highest BCUT2D eigenvalue weighted by Crippen LogP contribution is 2.29. The molecule has 0 heterocycles. The third-order valence-corrected chi connectivity index (χ3v) is 6.02. The maximum absolute atomic E-state index is 12.9. The Bertz CT molecular complexity index is 1350. The van der Waals surface area contributed by atoms with E-state index in [9.17, 15) is 4.79 Å². The first-order valence-corrected chi connectivity index (χ1v) is 13.5. The van der Waals surface area contributed by atoms with Crippen LogP contribution in [0.3, 0.4) is 0 Å². The summed E-state index contributed by atoms with van der Waals surface area (Å²) >= 11 is 0. The van der Waals surface area contributed by atoms with Crippen molar-refractivity contribution in [2.75, 3.05) is 59.7 Å². The molecule has 3 rings (SSSR count). The summed E-state index contributed by atoms with van der Waals surface area (Å²) in [6.45, 7) is 7.41. The van der Waals surface area contributed by atoms with Crippen LogP contribution < -0.4 is 10.1 Å². The van der Waals surface area contributed by atoms with Gasteiger partial charge in [-0.25, -0.2) is 9.59 Å². The number of carbonyl (C=O) groups is 3. The minimum atomic E-state index is -1.82. The average Bonchev–Trinajstić information content (AvgIpc) is 2.92. The number of nitrogens with one attached hydrogen (secondary N) is 1. The number of carboxylic acid groups (broad SMARTS) is 2. The number of aliphatic carboxylic acids is 2. The van der Waals surface area contributed by atoms with Crippen molar-refractivity contribution in [1.29, 1.82) is 0 Å². The molecule has 0 saturated heterocycles. The van der Waals surface area contributed by atoms with Crippen LogP contribution in [0.15, 0.2) is 66.7 Å². The van der Waals surface area contributed by atoms with Crippen LogP contribution >= 0.6 is 0 Å². The molecule has 0 amide bonds. The lowest BCUT2D eigenvalue weighted by Gasteiger charge is -2.14. The molecule has 224 valence electrons. The van der Waals surface area contributed by atoms with Crippen LogP contribution in [0, 0.1) is 13.8 Å². The van der Waals surface area contributed by atoms with E-state index in [1.807, 2.05) is 64.6 Å². The fourth-order valence-corrected chi connectivity index (χ4v) is 3.91. The number of ketones is 1. The number of anilines is 1. The molecule has 0 radical (unpaired) electrons. The van der Waals surface area contributed by atoms with Crippen LogP contribution in [0.5, 0.6) is 5.75 Å². The molecule has 0 aliphatic heterocycles. The molecular weight excluding hydrogens is 534 g/mol. The van der Waals surface area contributed by atoms with Crippen molar-refractivity contribution < 1.29 is 29.3 Å². The fourth-order valence-electron chi connectivity index (χ4n) is 3.91. The third kappa shape index (κ3) is 12.0. The Morgan fingerprint density at radius 2 is 1.38 bits per heavy atom. The molecule has 0 saturated carbocycles. The standard InChI is InChI=1S/C31H39N3O2.C2H2O4/c1-23-19-24(2)21-28(20-23)26-10-14-31(36-18-17-34(5)6)27(22-26)9-13-30(35)25-7-11-29(12-8-25)32-15-16-33(3)4;3-1(4)2(5)6/h7-14,19-22,32H,15-18H2,1-6H3;(H,3,4)(H,5,6)/b13-9+;. The van der Waals surface area contributed by atoms with E-state index in [1.54, 1.807) is 6.08 Å². The highest BCUT2D eigenvalue weighted by Gasteiger charge is 2.09. The maximum Gasteiger partial charge on any atom is 0.414 e. The van der Waals surface area contributed by atoms with Crippen LogP contribution in [-0.4, -0.2) is 92.2 Å². The topological polar surface area (TPSA) is 119 Å². The highest BCUT2D eigenvalue weighted by molar-refractivity contribution is 6.27. The predicted molar refractivity (Wildman–Crippen MR) is 168 cm³/mol. The molecular formula is C33H41N3O6. The van der Waals surface area contributed by atoms with Crippen molar-refractivity contribution in [2.45, 2.75) is 13.8 Å². The molecule has 3 N–H and O–H groups in total. The van der Waals surface area contributed by atoms with E-state index >= 15 is 0 Å². The van der Waals surface area contributed by atoms with Crippen LogP contribution in [0.4, 0.5) is 5.69 Å². The van der Waals surface area contributed by atoms with Crippen molar-refractivity contribution in [1.82, 2.24) is 9.80 Å². The van der Waals surface area contributed by atoms with Crippen LogP contribution in [0.1, 0.15) is 27.0 Å². The van der Waals surface area contributed by atoms with E-state index in [2.05, 4.69) is 59.3 Å². The number of ether oxygens (including phenoxy) is 1. The van der Waals surface area contributed by atoms with Gasteiger partial charge in [0.15, 0.2) is 5.78 Å². The number of aryl methyl sites for hydroxylation is 2. The summed E-state index contributed by atoms with van der Waals surface area (Å²) in [5.74, 6) is -2.91. The van der Waals surface area contributed by atoms with E-state index in [0.717, 1.165) is 47.8 Å². The van der Waals surface area contributed by atoms with Gasteiger partial charge in [0.1, 0.15) is 12.4 Å². The Balaban J connectivity index is 0.000000928. The average molecular weight is 576 g/mol. The van der Waals surface area contributed by atoms with Crippen molar-refractivity contribution in [3.05, 3.63) is 89.0 Å². The number of likely N-dealkylation sites (N-methyl/N-ethyl adjacent to an activating group) is 2. The Morgan fingerprint density at radius 3 is 1.93 bits per heavy atom. The van der Waals surface area contributed by atoms with Gasteiger partial charge in [-0.2, -0.15) is 0 Å². The number of allylic oxidation sites excluding steroid dienone is 1. The smallest absolute Gasteiger partial charge is 0.414 e. The number of carbonyl (C=O) groups excluding carboxylic acids is 1. The lowest BCUT2D eigenvalue weighted by atomic mass is 9.98. The molecule has 0 spiro atoms. The number of nitrogens with zero attached hydrogens (tertiary/aromatic N) is 2. The molecule has 0 aromatic heterocycles. The van der Waals surface area contributed by atoms with Gasteiger partial charge in [-0.15, -0.1) is 0 Å². The number of benzene rings is 3. The minimum Gasteiger partial charge on any atom is -0.492 e. The summed E-state index contributed by atoms with van der Waals surface area (Å²) in [5, 5.41) is 18.2. The van der Waals surface area contributed by atoms with Gasteiger partial charge in [0.2, 0.25) is 0 Å². The van der Waals surface area contributed by atoms with Gasteiger partial charge in [-0.3, -0.25) is 4.79 Å². The maximum atomic E-state index is 12.9. The minimum absolute atomic E-state index is 0.0362. The molecule has 3 aromatic carbocycles. The van der Waals surface area contributed by atoms with Crippen molar-refractivity contribution in [2.24, 2.45) is 0 Å². The summed E-state index contributed by atoms with van der Waals surface area (Å²) < 4.78 is 6.08. The molecule has 42 heavy (non-hydrogen) atoms. The molecule has 9 nitrogen and oxygen atoms in total. The SMILES string of the molecule is Cc1cc(C)cc(-c2ccc(OCCN(C)C)c(/C=C/C(=O)c3ccc(NCCN(C)C)cc3)c2)c1.O=C(O)C(=O)O. The van der Waals surface area contributed by atoms with Crippen LogP contribution in [0.25, 0.3) is 17.2 Å². The molecule has 0 bridgehead atoms. The Hall–Kier alpha value is -4.47. The van der Waals surface area contributed by atoms with E-state index in [0.29, 0.717) is 12.2 Å². The summed E-state index contributed by atoms with van der Waals surface area (Å²) in [5.41, 5.74) is 7.26. The Kier molecular flexibility index (Phi) is 13.4. The quantitative estimate of drug-likeness (QED) is 0.157. The van der Waals surface area contributed by atoms with Gasteiger partial charge in [0.05, 0.1) is 0 Å². The van der Waals surface area contributed by atoms with Gasteiger partial charge in [-0.1, -0.05) is 35.4 Å². The van der Waals surface area contributed by atoms with Gasteiger partial charge in [-0.05, 0) is 102 Å². The van der Waals surface area contributed by atoms with Crippen molar-refractivity contribution >= 4 is 29.5 Å². The largest absolute Gasteiger partial charge is 0.492 e. The lowest BCUT2D eigenvalue weighted by Crippen LogP contribution is -2.20. The summed E-state index contributed by atoms with van der Waals surface area (Å²) in [6, 6.07) is 20.4. The lowest BCUT2D eigenvalue weighted by molar-refractivity contribution is -0.159. The molecule has 9 heteroatoms. The molecule has 0 unspecified atom stereocenters. The molecule has 0 aliphatic rings. The third-order valence-electron chi connectivity index (χ3n) is 6.02. The van der Waals surface area contributed by atoms with Crippen molar-refractivity contribution in [3.63, 3.8) is 0 Å². The number of rotatable bonds is 12. The second kappa shape index (κ2) is 16.7. The van der Waals surface area contributed by atoms with Crippen LogP contribution in [-0.2, 0) is 9.59 Å².